The summed E-state index contributed by atoms with van der Waals surface area (Å²) in [5.74, 6) is 0.695. The first-order chi connectivity index (χ1) is 13.3. The number of fused-ring (bicyclic) bond motifs is 1. The van der Waals surface area contributed by atoms with E-state index in [1.54, 1.807) is 17.6 Å². The Bertz CT molecular complexity index is 971. The van der Waals surface area contributed by atoms with Crippen LogP contribution in [0.2, 0.25) is 0 Å². The number of nitrogens with two attached hydrogens (primary N) is 1. The van der Waals surface area contributed by atoms with Crippen molar-refractivity contribution in [3.63, 3.8) is 0 Å². The predicted molar refractivity (Wildman–Crippen MR) is 103 cm³/mol. The molecule has 1 aliphatic carbocycles. The molecule has 2 heterocycles. The summed E-state index contributed by atoms with van der Waals surface area (Å²) in [6, 6.07) is 15.9. The number of rotatable bonds is 6. The maximum absolute atomic E-state index is 12.5. The zero-order valence-electron chi connectivity index (χ0n) is 14.8. The standard InChI is InChI=1S/C21H19N3O2S/c22-12-16-15-8-4-10-18(15)27-21(16)24-19(25)13-23-20(17-9-5-11-26-17)14-6-2-1-3-7-14/h1-3,5-7,9,11,20,23H,4,8,10,13H2,(H,24,25)/p+1/t20-/m1/s1. The Balaban J connectivity index is 1.46. The molecule has 0 aliphatic heterocycles. The quantitative estimate of drug-likeness (QED) is 0.692. The summed E-state index contributed by atoms with van der Waals surface area (Å²) in [6.45, 7) is 0.244. The van der Waals surface area contributed by atoms with Gasteiger partial charge in [-0.05, 0) is 37.0 Å². The van der Waals surface area contributed by atoms with Gasteiger partial charge in [0.1, 0.15) is 11.1 Å². The lowest BCUT2D eigenvalue weighted by Gasteiger charge is -2.13. The van der Waals surface area contributed by atoms with Gasteiger partial charge in [0.25, 0.3) is 5.91 Å². The molecule has 3 N–H and O–H groups in total. The fourth-order valence-corrected chi connectivity index (χ4v) is 4.81. The highest BCUT2D eigenvalue weighted by molar-refractivity contribution is 7.16. The normalized spacial score (nSPS) is 13.7. The van der Waals surface area contributed by atoms with Gasteiger partial charge in [-0.2, -0.15) is 5.26 Å². The van der Waals surface area contributed by atoms with E-state index in [0.29, 0.717) is 10.6 Å². The third-order valence-corrected chi connectivity index (χ3v) is 6.04. The van der Waals surface area contributed by atoms with Gasteiger partial charge in [0.15, 0.2) is 18.3 Å². The van der Waals surface area contributed by atoms with Crippen molar-refractivity contribution in [2.75, 3.05) is 11.9 Å². The molecule has 4 rings (SSSR count). The van der Waals surface area contributed by atoms with E-state index in [1.807, 2.05) is 47.8 Å². The van der Waals surface area contributed by atoms with Crippen molar-refractivity contribution < 1.29 is 14.5 Å². The van der Waals surface area contributed by atoms with Crippen LogP contribution < -0.4 is 10.6 Å². The Kier molecular flexibility index (Phi) is 5.05. The van der Waals surface area contributed by atoms with Crippen LogP contribution in [0.15, 0.2) is 53.1 Å². The number of quaternary nitrogens is 1. The second kappa shape index (κ2) is 7.78. The maximum Gasteiger partial charge on any atom is 0.280 e. The van der Waals surface area contributed by atoms with Crippen molar-refractivity contribution in [3.8, 4) is 6.07 Å². The molecule has 0 spiro atoms. The molecule has 1 aliphatic rings. The number of carbonyl (C=O) groups excluding carboxylic acids is 1. The summed E-state index contributed by atoms with van der Waals surface area (Å²) < 4.78 is 5.57. The van der Waals surface area contributed by atoms with E-state index in [9.17, 15) is 10.1 Å². The van der Waals surface area contributed by atoms with Gasteiger partial charge in [0.2, 0.25) is 0 Å². The Labute approximate surface area is 161 Å². The van der Waals surface area contributed by atoms with Crippen molar-refractivity contribution in [2.45, 2.75) is 25.3 Å². The average Bonchev–Trinajstić information content (AvgIpc) is 3.40. The molecule has 2 aromatic heterocycles. The number of anilines is 1. The Morgan fingerprint density at radius 3 is 2.85 bits per heavy atom. The van der Waals surface area contributed by atoms with Gasteiger partial charge < -0.3 is 15.1 Å². The van der Waals surface area contributed by atoms with E-state index >= 15 is 0 Å². The van der Waals surface area contributed by atoms with Crippen LogP contribution >= 0.6 is 11.3 Å². The number of carbonyl (C=O) groups is 1. The molecule has 5 nitrogen and oxygen atoms in total. The van der Waals surface area contributed by atoms with Gasteiger partial charge in [-0.3, -0.25) is 4.79 Å². The molecule has 0 saturated heterocycles. The number of nitrogens with one attached hydrogen (secondary N) is 1. The topological polar surface area (TPSA) is 82.6 Å². The fourth-order valence-electron chi connectivity index (χ4n) is 3.56. The highest BCUT2D eigenvalue weighted by atomic mass is 32.1. The molecule has 0 unspecified atom stereocenters. The van der Waals surface area contributed by atoms with Crippen LogP contribution in [0.3, 0.4) is 0 Å². The maximum atomic E-state index is 12.5. The summed E-state index contributed by atoms with van der Waals surface area (Å²) >= 11 is 1.54. The number of thiophene rings is 1. The van der Waals surface area contributed by atoms with E-state index in [4.69, 9.17) is 4.42 Å². The first-order valence-electron chi connectivity index (χ1n) is 9.02. The highest BCUT2D eigenvalue weighted by Gasteiger charge is 2.25. The minimum Gasteiger partial charge on any atom is -0.463 e. The fraction of sp³-hybridized carbons (Fsp3) is 0.238. The van der Waals surface area contributed by atoms with Crippen molar-refractivity contribution in [1.82, 2.24) is 0 Å². The lowest BCUT2D eigenvalue weighted by atomic mass is 10.0. The number of hydrogen-bond donors (Lipinski definition) is 2. The third kappa shape index (κ3) is 3.65. The van der Waals surface area contributed by atoms with Crippen LogP contribution in [0, 0.1) is 11.3 Å². The molecule has 0 fully saturated rings. The molecule has 0 saturated carbocycles. The van der Waals surface area contributed by atoms with Crippen molar-refractivity contribution in [3.05, 3.63) is 76.1 Å². The minimum atomic E-state index is -0.112. The predicted octanol–water partition coefficient (Wildman–Crippen LogP) is 2.99. The molecule has 1 atom stereocenters. The van der Waals surface area contributed by atoms with Crippen LogP contribution in [-0.4, -0.2) is 12.5 Å². The summed E-state index contributed by atoms with van der Waals surface area (Å²) in [5.41, 5.74) is 2.85. The van der Waals surface area contributed by atoms with E-state index < -0.39 is 0 Å². The molecule has 27 heavy (non-hydrogen) atoms. The average molecular weight is 378 g/mol. The second-order valence-corrected chi connectivity index (χ2v) is 7.67. The molecular weight excluding hydrogens is 358 g/mol. The number of benzene rings is 1. The van der Waals surface area contributed by atoms with Crippen molar-refractivity contribution in [2.24, 2.45) is 0 Å². The van der Waals surface area contributed by atoms with Gasteiger partial charge in [0.05, 0.1) is 11.8 Å². The molecule has 136 valence electrons. The van der Waals surface area contributed by atoms with Crippen LogP contribution in [0.1, 0.15) is 39.8 Å². The first kappa shape index (κ1) is 17.5. The van der Waals surface area contributed by atoms with E-state index in [0.717, 1.165) is 36.1 Å². The SMILES string of the molecule is N#Cc1c(NC(=O)C[NH2+][C@H](c2ccccc2)c2ccco2)sc2c1CCC2. The second-order valence-electron chi connectivity index (χ2n) is 6.57. The largest absolute Gasteiger partial charge is 0.463 e. The van der Waals surface area contributed by atoms with E-state index in [-0.39, 0.29) is 18.5 Å². The van der Waals surface area contributed by atoms with E-state index in [1.165, 1.54) is 4.88 Å². The van der Waals surface area contributed by atoms with Gasteiger partial charge in [0, 0.05) is 10.4 Å². The zero-order chi connectivity index (χ0) is 18.6. The van der Waals surface area contributed by atoms with Gasteiger partial charge in [-0.15, -0.1) is 11.3 Å². The Hall–Kier alpha value is -2.88. The number of aryl methyl sites for hydroxylation is 1. The van der Waals surface area contributed by atoms with Gasteiger partial charge in [-0.25, -0.2) is 0 Å². The molecule has 0 bridgehead atoms. The molecule has 1 amide bonds. The summed E-state index contributed by atoms with van der Waals surface area (Å²) in [7, 11) is 0. The van der Waals surface area contributed by atoms with Gasteiger partial charge >= 0.3 is 0 Å². The van der Waals surface area contributed by atoms with Gasteiger partial charge in [-0.1, -0.05) is 30.3 Å². The number of nitrogens with zero attached hydrogens (tertiary/aromatic N) is 1. The van der Waals surface area contributed by atoms with Crippen LogP contribution in [0.4, 0.5) is 5.00 Å². The molecular formula is C21H20N3O2S+. The first-order valence-corrected chi connectivity index (χ1v) is 9.84. The minimum absolute atomic E-state index is 0.0873. The Morgan fingerprint density at radius 1 is 1.26 bits per heavy atom. The van der Waals surface area contributed by atoms with Crippen molar-refractivity contribution >= 4 is 22.2 Å². The molecule has 6 heteroatoms. The highest BCUT2D eigenvalue weighted by Crippen LogP contribution is 2.38. The number of nitriles is 1. The molecule has 0 radical (unpaired) electrons. The third-order valence-electron chi connectivity index (χ3n) is 4.83. The molecule has 1 aromatic carbocycles. The lowest BCUT2D eigenvalue weighted by molar-refractivity contribution is -0.678. The lowest BCUT2D eigenvalue weighted by Crippen LogP contribution is -2.87. The zero-order valence-corrected chi connectivity index (χ0v) is 15.6. The smallest absolute Gasteiger partial charge is 0.280 e. The van der Waals surface area contributed by atoms with Crippen LogP contribution in [0.5, 0.6) is 0 Å². The molecule has 3 aromatic rings. The van der Waals surface area contributed by atoms with Crippen LogP contribution in [-0.2, 0) is 17.6 Å². The van der Waals surface area contributed by atoms with Crippen molar-refractivity contribution in [1.29, 1.82) is 5.26 Å². The summed E-state index contributed by atoms with van der Waals surface area (Å²) in [6.07, 6.45) is 4.68. The monoisotopic (exact) mass is 378 g/mol. The summed E-state index contributed by atoms with van der Waals surface area (Å²) in [5, 5.41) is 15.0. The number of furan rings is 1. The Morgan fingerprint density at radius 2 is 2.11 bits per heavy atom. The van der Waals surface area contributed by atoms with E-state index in [2.05, 4.69) is 11.4 Å². The van der Waals surface area contributed by atoms with Crippen LogP contribution in [0.25, 0.3) is 0 Å². The number of amides is 1. The number of hydrogen-bond acceptors (Lipinski definition) is 4. The summed E-state index contributed by atoms with van der Waals surface area (Å²) in [4.78, 5) is 13.8.